The smallest absolute Gasteiger partial charge is 0.270 e. The maximum atomic E-state index is 13.8. The first-order valence-corrected chi connectivity index (χ1v) is 17.8. The van der Waals surface area contributed by atoms with Crippen LogP contribution in [-0.4, -0.2) is 35.9 Å². The van der Waals surface area contributed by atoms with E-state index in [2.05, 4.69) is 5.32 Å². The van der Waals surface area contributed by atoms with Gasteiger partial charge in [0.1, 0.15) is 39.5 Å². The number of nitrogens with one attached hydrogen (secondary N) is 1. The molecule has 0 unspecified atom stereocenters. The van der Waals surface area contributed by atoms with Gasteiger partial charge in [0.25, 0.3) is 5.91 Å². The molecular formula is C41H39N3O5S. The van der Waals surface area contributed by atoms with Gasteiger partial charge in [-0.2, -0.15) is 0 Å². The maximum absolute atomic E-state index is 13.8. The van der Waals surface area contributed by atoms with Crippen molar-refractivity contribution < 1.29 is 23.3 Å². The van der Waals surface area contributed by atoms with Gasteiger partial charge in [-0.1, -0.05) is 66.7 Å². The second-order valence-corrected chi connectivity index (χ2v) is 15.6. The van der Waals surface area contributed by atoms with Crippen molar-refractivity contribution in [2.24, 2.45) is 0 Å². The predicted molar refractivity (Wildman–Crippen MR) is 197 cm³/mol. The van der Waals surface area contributed by atoms with Gasteiger partial charge < -0.3 is 19.6 Å². The summed E-state index contributed by atoms with van der Waals surface area (Å²) < 4.78 is 27.3. The fourth-order valence-corrected chi connectivity index (χ4v) is 7.72. The van der Waals surface area contributed by atoms with Crippen molar-refractivity contribution >= 4 is 27.9 Å². The maximum Gasteiger partial charge on any atom is 0.270 e. The number of aliphatic hydroxyl groups excluding tert-OH is 1. The van der Waals surface area contributed by atoms with Gasteiger partial charge >= 0.3 is 0 Å². The Morgan fingerprint density at radius 2 is 1.64 bits per heavy atom. The van der Waals surface area contributed by atoms with Crippen molar-refractivity contribution in [2.75, 3.05) is 6.61 Å². The van der Waals surface area contributed by atoms with Crippen molar-refractivity contribution in [3.05, 3.63) is 138 Å². The molecule has 1 amide bonds. The molecule has 2 N–H and O–H groups in total. The summed E-state index contributed by atoms with van der Waals surface area (Å²) in [7, 11) is -1.37. The molecule has 0 saturated carbocycles. The Hall–Kier alpha value is -5.09. The quantitative estimate of drug-likeness (QED) is 0.150. The second-order valence-electron chi connectivity index (χ2n) is 13.4. The van der Waals surface area contributed by atoms with Gasteiger partial charge in [0.15, 0.2) is 0 Å². The fourth-order valence-electron chi connectivity index (χ4n) is 6.32. The summed E-state index contributed by atoms with van der Waals surface area (Å²) in [5.74, 6) is 1.86. The number of fused-ring (bicyclic) bond motifs is 2. The average molecular weight is 686 g/mol. The van der Waals surface area contributed by atoms with Crippen LogP contribution in [0, 0.1) is 0 Å². The number of ether oxygens (including phenoxy) is 1. The predicted octanol–water partition coefficient (Wildman–Crippen LogP) is 8.59. The van der Waals surface area contributed by atoms with Crippen molar-refractivity contribution in [1.29, 1.82) is 0 Å². The number of para-hydroxylation sites is 2. The minimum atomic E-state index is -1.37. The van der Waals surface area contributed by atoms with E-state index in [-0.39, 0.29) is 24.2 Å². The first kappa shape index (κ1) is 33.4. The lowest BCUT2D eigenvalue weighted by molar-refractivity contribution is 0.0946. The van der Waals surface area contributed by atoms with E-state index in [4.69, 9.17) is 14.1 Å². The van der Waals surface area contributed by atoms with Crippen LogP contribution < -0.4 is 10.1 Å². The van der Waals surface area contributed by atoms with Gasteiger partial charge in [0, 0.05) is 41.8 Å². The van der Waals surface area contributed by atoms with Crippen LogP contribution >= 0.6 is 0 Å². The molecule has 50 heavy (non-hydrogen) atoms. The zero-order chi connectivity index (χ0) is 34.8. The molecule has 7 rings (SSSR count). The zero-order valence-corrected chi connectivity index (χ0v) is 29.1. The van der Waals surface area contributed by atoms with E-state index >= 15 is 0 Å². The third kappa shape index (κ3) is 6.98. The highest BCUT2D eigenvalue weighted by molar-refractivity contribution is 7.84. The van der Waals surface area contributed by atoms with Gasteiger partial charge in [-0.25, -0.2) is 13.5 Å². The SMILES string of the molecule is CC(C)(C)[S@](=O)N1Cc2cc(C(=O)NCc3ccc(Oc4ccccc4)cc3)nc(-c3cccc(-c4cc5ccccc5o4)c3)c2[C@@H]1CCO. The van der Waals surface area contributed by atoms with E-state index in [9.17, 15) is 14.1 Å². The number of aromatic nitrogens is 1. The number of amides is 1. The zero-order valence-electron chi connectivity index (χ0n) is 28.3. The summed E-state index contributed by atoms with van der Waals surface area (Å²) in [6.07, 6.45) is 0.377. The standard InChI is InChI=1S/C41H39N3O5S/c1-41(2,3)50(47)44-26-31-23-34(40(46)42-25-27-16-18-33(19-17-27)48-32-13-5-4-6-14-32)43-39(38(31)35(44)20-21-45)30-12-9-11-28(22-30)37-24-29-10-7-8-15-36(29)49-37/h4-19,22-24,35,45H,20-21,25-26H2,1-3H3,(H,42,46)/t35-,50-/m0/s1. The molecule has 2 atom stereocenters. The minimum Gasteiger partial charge on any atom is -0.457 e. The highest BCUT2D eigenvalue weighted by atomic mass is 32.2. The van der Waals surface area contributed by atoms with Crippen LogP contribution in [0.1, 0.15) is 60.4 Å². The van der Waals surface area contributed by atoms with Crippen LogP contribution in [0.3, 0.4) is 0 Å². The molecule has 1 aliphatic rings. The number of hydrogen-bond acceptors (Lipinski definition) is 6. The van der Waals surface area contributed by atoms with Crippen molar-refractivity contribution in [1.82, 2.24) is 14.6 Å². The molecule has 0 saturated heterocycles. The van der Waals surface area contributed by atoms with Gasteiger partial charge in [0.05, 0.1) is 16.5 Å². The van der Waals surface area contributed by atoms with Crippen LogP contribution in [0.4, 0.5) is 0 Å². The number of nitrogens with zero attached hydrogens (tertiary/aromatic N) is 2. The highest BCUT2D eigenvalue weighted by Gasteiger charge is 2.40. The number of rotatable bonds is 10. The lowest BCUT2D eigenvalue weighted by Gasteiger charge is -2.30. The Kier molecular flexibility index (Phi) is 9.38. The Labute approximate surface area is 294 Å². The Bertz CT molecular complexity index is 2140. The largest absolute Gasteiger partial charge is 0.457 e. The number of carbonyl (C=O) groups is 1. The van der Waals surface area contributed by atoms with E-state index in [1.165, 1.54) is 0 Å². The fraction of sp³-hybridized carbons (Fsp3) is 0.220. The molecule has 0 fully saturated rings. The molecule has 0 aliphatic carbocycles. The summed E-state index contributed by atoms with van der Waals surface area (Å²) in [6, 6.07) is 36.4. The highest BCUT2D eigenvalue weighted by Crippen LogP contribution is 2.44. The van der Waals surface area contributed by atoms with E-state index in [1.54, 1.807) is 6.07 Å². The Morgan fingerprint density at radius 3 is 2.38 bits per heavy atom. The van der Waals surface area contributed by atoms with Gasteiger partial charge in [-0.05, 0) is 86.8 Å². The van der Waals surface area contributed by atoms with E-state index in [0.717, 1.165) is 50.3 Å². The second kappa shape index (κ2) is 14.0. The summed E-state index contributed by atoms with van der Waals surface area (Å²) in [5, 5.41) is 14.2. The van der Waals surface area contributed by atoms with E-state index in [1.807, 2.05) is 134 Å². The molecule has 6 aromatic rings. The van der Waals surface area contributed by atoms with Gasteiger partial charge in [-0.15, -0.1) is 0 Å². The number of furan rings is 1. The summed E-state index contributed by atoms with van der Waals surface area (Å²) in [4.78, 5) is 18.7. The lowest BCUT2D eigenvalue weighted by Crippen LogP contribution is -2.36. The van der Waals surface area contributed by atoms with Gasteiger partial charge in [-0.3, -0.25) is 4.79 Å². The molecule has 0 bridgehead atoms. The molecule has 1 aliphatic heterocycles. The summed E-state index contributed by atoms with van der Waals surface area (Å²) in [5.41, 5.74) is 6.02. The summed E-state index contributed by atoms with van der Waals surface area (Å²) >= 11 is 0. The van der Waals surface area contributed by atoms with Crippen LogP contribution in [0.2, 0.25) is 0 Å². The third-order valence-corrected chi connectivity index (χ3v) is 10.6. The number of aliphatic hydroxyl groups is 1. The average Bonchev–Trinajstić information content (AvgIpc) is 3.73. The summed E-state index contributed by atoms with van der Waals surface area (Å²) in [6.45, 7) is 6.41. The van der Waals surface area contributed by atoms with Crippen LogP contribution in [0.5, 0.6) is 11.5 Å². The Morgan fingerprint density at radius 1 is 0.920 bits per heavy atom. The van der Waals surface area contributed by atoms with Crippen molar-refractivity contribution in [3.63, 3.8) is 0 Å². The monoisotopic (exact) mass is 685 g/mol. The molecule has 3 heterocycles. The number of benzene rings is 4. The van der Waals surface area contributed by atoms with Crippen LogP contribution in [0.15, 0.2) is 120 Å². The first-order valence-electron chi connectivity index (χ1n) is 16.7. The molecule has 8 nitrogen and oxygen atoms in total. The number of hydrogen-bond donors (Lipinski definition) is 2. The van der Waals surface area contributed by atoms with Crippen molar-refractivity contribution in [3.8, 4) is 34.1 Å². The molecule has 0 radical (unpaired) electrons. The minimum absolute atomic E-state index is 0.0855. The molecule has 254 valence electrons. The van der Waals surface area contributed by atoms with E-state index < -0.39 is 15.7 Å². The van der Waals surface area contributed by atoms with Crippen molar-refractivity contribution in [2.45, 2.75) is 51.1 Å². The molecule has 4 aromatic carbocycles. The molecular weight excluding hydrogens is 647 g/mol. The number of pyridine rings is 1. The number of carbonyl (C=O) groups excluding carboxylic acids is 1. The van der Waals surface area contributed by atoms with E-state index in [0.29, 0.717) is 31.0 Å². The van der Waals surface area contributed by atoms with Gasteiger partial charge in [0.2, 0.25) is 0 Å². The van der Waals surface area contributed by atoms with Crippen LogP contribution in [-0.2, 0) is 24.1 Å². The molecule has 2 aromatic heterocycles. The normalized spacial score (nSPS) is 15.2. The molecule has 9 heteroatoms. The lowest BCUT2D eigenvalue weighted by atomic mass is 9.95. The molecule has 0 spiro atoms. The third-order valence-electron chi connectivity index (χ3n) is 8.72. The first-order chi connectivity index (χ1) is 24.2. The van der Waals surface area contributed by atoms with Crippen LogP contribution in [0.25, 0.3) is 33.6 Å². The topological polar surface area (TPSA) is 105 Å². The Balaban J connectivity index is 1.22.